The fraction of sp³-hybridized carbons (Fsp3) is 0.567. The van der Waals surface area contributed by atoms with E-state index in [0.29, 0.717) is 5.57 Å². The summed E-state index contributed by atoms with van der Waals surface area (Å²) in [7, 11) is 0. The summed E-state index contributed by atoms with van der Waals surface area (Å²) < 4.78 is 10.2. The molecular formula is C30H44O10. The largest absolute Gasteiger partial charge is 0.463 e. The van der Waals surface area contributed by atoms with Gasteiger partial charge in [-0.3, -0.25) is 14.4 Å². The van der Waals surface area contributed by atoms with Gasteiger partial charge in [0.1, 0.15) is 31.0 Å². The van der Waals surface area contributed by atoms with E-state index in [2.05, 4.69) is 0 Å². The molecule has 40 heavy (non-hydrogen) atoms. The van der Waals surface area contributed by atoms with Crippen LogP contribution in [0.5, 0.6) is 0 Å². The van der Waals surface area contributed by atoms with Crippen LogP contribution in [-0.4, -0.2) is 87.0 Å². The zero-order valence-electron chi connectivity index (χ0n) is 24.2. The predicted octanol–water partition coefficient (Wildman–Crippen LogP) is 2.00. The van der Waals surface area contributed by atoms with Crippen LogP contribution in [0.15, 0.2) is 58.7 Å². The molecule has 0 heterocycles. The van der Waals surface area contributed by atoms with E-state index >= 15 is 0 Å². The second-order valence-electron chi connectivity index (χ2n) is 10.6. The van der Waals surface area contributed by atoms with E-state index < -0.39 is 67.5 Å². The van der Waals surface area contributed by atoms with E-state index in [1.807, 2.05) is 71.1 Å². The fourth-order valence-corrected chi connectivity index (χ4v) is 4.05. The average Bonchev–Trinajstić information content (AvgIpc) is 2.91. The van der Waals surface area contributed by atoms with Crippen molar-refractivity contribution < 1.29 is 49.4 Å². The lowest BCUT2D eigenvalue weighted by atomic mass is 9.71. The molecular weight excluding hydrogens is 520 g/mol. The Hall–Kier alpha value is -2.89. The number of carbonyl (C=O) groups is 3. The molecule has 1 rings (SSSR count). The summed E-state index contributed by atoms with van der Waals surface area (Å²) in [5.74, 6) is -1.94. The second kappa shape index (κ2) is 16.4. The summed E-state index contributed by atoms with van der Waals surface area (Å²) in [5, 5.41) is 47.3. The lowest BCUT2D eigenvalue weighted by Gasteiger charge is -2.36. The molecule has 0 aliphatic heterocycles. The normalized spacial score (nSPS) is 21.5. The summed E-state index contributed by atoms with van der Waals surface area (Å²) in [5.41, 5.74) is 3.05. The van der Waals surface area contributed by atoms with Crippen molar-refractivity contribution in [2.45, 2.75) is 91.3 Å². The molecule has 0 aromatic rings. The summed E-state index contributed by atoms with van der Waals surface area (Å²) >= 11 is 0. The van der Waals surface area contributed by atoms with E-state index in [0.717, 1.165) is 16.7 Å². The number of ketones is 1. The molecule has 0 bridgehead atoms. The standard InChI is InChI=1S/C30H44O10/c1-7-18(2)9-8-10-19(3)11-12-21-20(4)27(36)24(15-30(21,5)6)40-26(35)14-13-25(34)39-17-23(33)29(38)28(37)22(32)16-31/h7-12,22-24,28-29,31-33,37-38H,13-17H2,1-6H3. The Kier molecular flexibility index (Phi) is 14.4. The Bertz CT molecular complexity index is 1050. The number of hydrogen-bond donors (Lipinski definition) is 5. The zero-order chi connectivity index (χ0) is 30.6. The highest BCUT2D eigenvalue weighted by Gasteiger charge is 2.40. The topological polar surface area (TPSA) is 171 Å². The molecule has 5 N–H and O–H groups in total. The summed E-state index contributed by atoms with van der Waals surface area (Å²) in [6, 6.07) is 0. The number of esters is 2. The molecule has 5 unspecified atom stereocenters. The van der Waals surface area contributed by atoms with Gasteiger partial charge in [-0.25, -0.2) is 0 Å². The molecule has 0 saturated heterocycles. The number of carbonyl (C=O) groups excluding carboxylic acids is 3. The van der Waals surface area contributed by atoms with Crippen LogP contribution in [0.3, 0.4) is 0 Å². The van der Waals surface area contributed by atoms with E-state index in [9.17, 15) is 34.8 Å². The van der Waals surface area contributed by atoms with Gasteiger partial charge in [0.2, 0.25) is 0 Å². The van der Waals surface area contributed by atoms with Gasteiger partial charge in [0.25, 0.3) is 0 Å². The number of aliphatic hydroxyl groups is 5. The van der Waals surface area contributed by atoms with Gasteiger partial charge in [-0.2, -0.15) is 0 Å². The number of rotatable bonds is 14. The van der Waals surface area contributed by atoms with Gasteiger partial charge in [0.05, 0.1) is 19.4 Å². The Balaban J connectivity index is 2.70. The third-order valence-corrected chi connectivity index (χ3v) is 6.72. The molecule has 0 fully saturated rings. The lowest BCUT2D eigenvalue weighted by Crippen LogP contribution is -2.47. The van der Waals surface area contributed by atoms with Gasteiger partial charge in [0, 0.05) is 6.42 Å². The third-order valence-electron chi connectivity index (χ3n) is 6.72. The molecule has 0 amide bonds. The molecule has 0 spiro atoms. The summed E-state index contributed by atoms with van der Waals surface area (Å²) in [4.78, 5) is 37.3. The van der Waals surface area contributed by atoms with Crippen LogP contribution >= 0.6 is 0 Å². The molecule has 1 aliphatic rings. The Labute approximate surface area is 236 Å². The van der Waals surface area contributed by atoms with Crippen LogP contribution in [0, 0.1) is 5.41 Å². The number of allylic oxidation sites excluding steroid dienone is 9. The van der Waals surface area contributed by atoms with Gasteiger partial charge >= 0.3 is 11.9 Å². The van der Waals surface area contributed by atoms with Gasteiger partial charge in [-0.15, -0.1) is 0 Å². The van der Waals surface area contributed by atoms with E-state index in [1.54, 1.807) is 6.92 Å². The van der Waals surface area contributed by atoms with Crippen molar-refractivity contribution in [3.8, 4) is 0 Å². The van der Waals surface area contributed by atoms with Crippen LogP contribution in [0.4, 0.5) is 0 Å². The van der Waals surface area contributed by atoms with Crippen molar-refractivity contribution in [2.24, 2.45) is 5.41 Å². The number of Topliss-reactive ketones (excluding diaryl/α,β-unsaturated/α-hetero) is 1. The monoisotopic (exact) mass is 564 g/mol. The Morgan fingerprint density at radius 1 is 1.00 bits per heavy atom. The first kappa shape index (κ1) is 35.1. The number of hydrogen-bond acceptors (Lipinski definition) is 10. The van der Waals surface area contributed by atoms with Crippen molar-refractivity contribution in [2.75, 3.05) is 13.2 Å². The second-order valence-corrected chi connectivity index (χ2v) is 10.6. The summed E-state index contributed by atoms with van der Waals surface area (Å²) in [6.45, 7) is 10.0. The molecule has 0 saturated carbocycles. The van der Waals surface area contributed by atoms with Crippen molar-refractivity contribution in [1.82, 2.24) is 0 Å². The lowest BCUT2D eigenvalue weighted by molar-refractivity contribution is -0.161. The zero-order valence-corrected chi connectivity index (χ0v) is 24.2. The van der Waals surface area contributed by atoms with Crippen LogP contribution in [0.25, 0.3) is 0 Å². The molecule has 10 heteroatoms. The molecule has 224 valence electrons. The predicted molar refractivity (Wildman–Crippen MR) is 149 cm³/mol. The number of ether oxygens (including phenoxy) is 2. The SMILES string of the molecule is CC=C(C)C=CC=C(C)C=CC1=C(C)C(=O)C(OC(=O)CCC(=O)OCC(O)C(O)C(O)C(O)CO)CC1(C)C. The minimum absolute atomic E-state index is 0.272. The van der Waals surface area contributed by atoms with Gasteiger partial charge < -0.3 is 35.0 Å². The van der Waals surface area contributed by atoms with E-state index in [-0.39, 0.29) is 18.6 Å². The van der Waals surface area contributed by atoms with Gasteiger partial charge in [-0.05, 0) is 44.3 Å². The van der Waals surface area contributed by atoms with Crippen LogP contribution in [0.2, 0.25) is 0 Å². The number of aliphatic hydroxyl groups excluding tert-OH is 5. The van der Waals surface area contributed by atoms with Crippen LogP contribution in [-0.2, 0) is 23.9 Å². The molecule has 10 nitrogen and oxygen atoms in total. The maximum Gasteiger partial charge on any atom is 0.307 e. The van der Waals surface area contributed by atoms with Crippen LogP contribution < -0.4 is 0 Å². The highest BCUT2D eigenvalue weighted by molar-refractivity contribution is 6.01. The molecule has 0 aromatic heterocycles. The minimum Gasteiger partial charge on any atom is -0.463 e. The first-order valence-corrected chi connectivity index (χ1v) is 13.2. The van der Waals surface area contributed by atoms with E-state index in [1.165, 1.54) is 0 Å². The average molecular weight is 565 g/mol. The third kappa shape index (κ3) is 10.9. The minimum atomic E-state index is -1.87. The first-order chi connectivity index (χ1) is 18.6. The highest BCUT2D eigenvalue weighted by atomic mass is 16.6. The maximum atomic E-state index is 13.0. The molecule has 0 aromatic carbocycles. The quantitative estimate of drug-likeness (QED) is 0.155. The van der Waals surface area contributed by atoms with Crippen molar-refractivity contribution in [1.29, 1.82) is 0 Å². The Morgan fingerprint density at radius 3 is 2.20 bits per heavy atom. The van der Waals surface area contributed by atoms with E-state index in [4.69, 9.17) is 14.6 Å². The first-order valence-electron chi connectivity index (χ1n) is 13.2. The van der Waals surface area contributed by atoms with Crippen molar-refractivity contribution in [3.05, 3.63) is 58.7 Å². The van der Waals surface area contributed by atoms with Crippen molar-refractivity contribution in [3.63, 3.8) is 0 Å². The molecule has 0 radical (unpaired) electrons. The van der Waals surface area contributed by atoms with Gasteiger partial charge in [-0.1, -0.05) is 61.4 Å². The smallest absolute Gasteiger partial charge is 0.307 e. The molecule has 1 aliphatic carbocycles. The van der Waals surface area contributed by atoms with Gasteiger partial charge in [0.15, 0.2) is 11.9 Å². The Morgan fingerprint density at radius 2 is 1.60 bits per heavy atom. The highest BCUT2D eigenvalue weighted by Crippen LogP contribution is 2.40. The molecule has 5 atom stereocenters. The van der Waals surface area contributed by atoms with Crippen LogP contribution in [0.1, 0.15) is 60.8 Å². The van der Waals surface area contributed by atoms with Crippen molar-refractivity contribution >= 4 is 17.7 Å². The maximum absolute atomic E-state index is 13.0. The fourth-order valence-electron chi connectivity index (χ4n) is 4.05. The summed E-state index contributed by atoms with van der Waals surface area (Å²) in [6.07, 6.45) is 3.16.